The Kier molecular flexibility index (Phi) is 7.39. The predicted octanol–water partition coefficient (Wildman–Crippen LogP) is 3.29. The fourth-order valence-corrected chi connectivity index (χ4v) is 2.36. The van der Waals surface area contributed by atoms with Crippen molar-refractivity contribution in [3.63, 3.8) is 0 Å². The molecule has 0 saturated heterocycles. The highest BCUT2D eigenvalue weighted by molar-refractivity contribution is 5.85. The van der Waals surface area contributed by atoms with Crippen molar-refractivity contribution < 1.29 is 13.9 Å². The number of fused-ring (bicyclic) bond motifs is 1. The molecule has 6 heteroatoms. The monoisotopic (exact) mass is 340 g/mol. The Morgan fingerprint density at radius 1 is 1.35 bits per heavy atom. The summed E-state index contributed by atoms with van der Waals surface area (Å²) in [5, 5.41) is 6.96. The fourth-order valence-electron chi connectivity index (χ4n) is 2.36. The van der Waals surface area contributed by atoms with Crippen LogP contribution in [-0.4, -0.2) is 26.1 Å². The minimum Gasteiger partial charge on any atom is -0.490 e. The van der Waals surface area contributed by atoms with Crippen LogP contribution in [0.5, 0.6) is 5.75 Å². The fraction of sp³-hybridized carbons (Fsp3) is 0.471. The Morgan fingerprint density at radius 2 is 2.09 bits per heavy atom. The van der Waals surface area contributed by atoms with Gasteiger partial charge in [0.15, 0.2) is 11.3 Å². The highest BCUT2D eigenvalue weighted by atomic mass is 35.5. The lowest BCUT2D eigenvalue weighted by Gasteiger charge is -2.15. The first-order chi connectivity index (χ1) is 10.6. The SMILES string of the molecule is CCOc1cccc2cc(C(C)NC(=O)C(C)CNC)oc12.Cl. The summed E-state index contributed by atoms with van der Waals surface area (Å²) in [6, 6.07) is 7.56. The van der Waals surface area contributed by atoms with E-state index in [9.17, 15) is 4.79 Å². The maximum atomic E-state index is 12.1. The van der Waals surface area contributed by atoms with Gasteiger partial charge < -0.3 is 19.8 Å². The quantitative estimate of drug-likeness (QED) is 0.811. The minimum atomic E-state index is -0.186. The number of para-hydroxylation sites is 1. The van der Waals surface area contributed by atoms with Crippen LogP contribution in [0.4, 0.5) is 0 Å². The Bertz CT molecular complexity index is 642. The van der Waals surface area contributed by atoms with E-state index >= 15 is 0 Å². The average molecular weight is 341 g/mol. The molecule has 0 spiro atoms. The van der Waals surface area contributed by atoms with Crippen molar-refractivity contribution in [3.8, 4) is 5.75 Å². The zero-order valence-electron chi connectivity index (χ0n) is 14.0. The number of ether oxygens (including phenoxy) is 1. The number of halogens is 1. The van der Waals surface area contributed by atoms with E-state index in [-0.39, 0.29) is 30.3 Å². The molecule has 23 heavy (non-hydrogen) atoms. The smallest absolute Gasteiger partial charge is 0.224 e. The van der Waals surface area contributed by atoms with Crippen LogP contribution in [0, 0.1) is 5.92 Å². The van der Waals surface area contributed by atoms with E-state index in [1.165, 1.54) is 0 Å². The second kappa shape index (κ2) is 8.79. The van der Waals surface area contributed by atoms with Crippen LogP contribution in [0.2, 0.25) is 0 Å². The van der Waals surface area contributed by atoms with Crippen LogP contribution < -0.4 is 15.4 Å². The second-order valence-electron chi connectivity index (χ2n) is 5.45. The summed E-state index contributed by atoms with van der Waals surface area (Å²) < 4.78 is 11.5. The number of rotatable bonds is 7. The molecule has 5 nitrogen and oxygen atoms in total. The zero-order chi connectivity index (χ0) is 16.1. The Morgan fingerprint density at radius 3 is 2.74 bits per heavy atom. The third-order valence-electron chi connectivity index (χ3n) is 3.57. The summed E-state index contributed by atoms with van der Waals surface area (Å²) in [5.74, 6) is 1.38. The highest BCUT2D eigenvalue weighted by Gasteiger charge is 2.19. The molecule has 2 aromatic rings. The third-order valence-corrected chi connectivity index (χ3v) is 3.57. The van der Waals surface area contributed by atoms with Gasteiger partial charge in [0.05, 0.1) is 12.6 Å². The first kappa shape index (κ1) is 19.3. The molecule has 128 valence electrons. The standard InChI is InChI=1S/C17H24N2O3.ClH/c1-5-21-14-8-6-7-13-9-15(22-16(13)14)12(3)19-17(20)11(2)10-18-4;/h6-9,11-12,18H,5,10H2,1-4H3,(H,19,20);1H. The number of hydrogen-bond acceptors (Lipinski definition) is 4. The molecule has 2 rings (SSSR count). The minimum absolute atomic E-state index is 0. The number of benzene rings is 1. The molecule has 0 aliphatic rings. The lowest BCUT2D eigenvalue weighted by Crippen LogP contribution is -2.35. The molecule has 1 heterocycles. The summed E-state index contributed by atoms with van der Waals surface area (Å²) in [5.41, 5.74) is 0.726. The normalized spacial score (nSPS) is 13.2. The van der Waals surface area contributed by atoms with Crippen molar-refractivity contribution in [1.29, 1.82) is 0 Å². The lowest BCUT2D eigenvalue weighted by atomic mass is 10.1. The molecule has 0 radical (unpaired) electrons. The number of furan rings is 1. The van der Waals surface area contributed by atoms with Crippen molar-refractivity contribution in [2.75, 3.05) is 20.2 Å². The first-order valence-electron chi connectivity index (χ1n) is 7.67. The average Bonchev–Trinajstić information content (AvgIpc) is 2.93. The van der Waals surface area contributed by atoms with Gasteiger partial charge in [-0.2, -0.15) is 0 Å². The summed E-state index contributed by atoms with van der Waals surface area (Å²) in [6.45, 7) is 6.98. The van der Waals surface area contributed by atoms with Gasteiger partial charge in [-0.05, 0) is 33.0 Å². The largest absolute Gasteiger partial charge is 0.490 e. The number of amides is 1. The maximum Gasteiger partial charge on any atom is 0.224 e. The van der Waals surface area contributed by atoms with Gasteiger partial charge >= 0.3 is 0 Å². The molecule has 2 atom stereocenters. The van der Waals surface area contributed by atoms with E-state index in [1.807, 2.05) is 52.1 Å². The zero-order valence-corrected chi connectivity index (χ0v) is 14.8. The molecule has 2 N–H and O–H groups in total. The molecule has 0 aliphatic carbocycles. The summed E-state index contributed by atoms with van der Waals surface area (Å²) >= 11 is 0. The molecule has 2 unspecified atom stereocenters. The van der Waals surface area contributed by atoms with Gasteiger partial charge in [0.2, 0.25) is 5.91 Å². The molecule has 0 aliphatic heterocycles. The number of carbonyl (C=O) groups excluding carboxylic acids is 1. The van der Waals surface area contributed by atoms with Gasteiger partial charge in [-0.1, -0.05) is 19.1 Å². The van der Waals surface area contributed by atoms with Crippen molar-refractivity contribution in [2.24, 2.45) is 5.92 Å². The Balaban J connectivity index is 0.00000264. The summed E-state index contributed by atoms with van der Waals surface area (Å²) in [6.07, 6.45) is 0. The number of hydrogen-bond donors (Lipinski definition) is 2. The van der Waals surface area contributed by atoms with Gasteiger partial charge in [-0.3, -0.25) is 4.79 Å². The molecule has 1 amide bonds. The van der Waals surface area contributed by atoms with E-state index in [0.29, 0.717) is 13.2 Å². The predicted molar refractivity (Wildman–Crippen MR) is 94.3 cm³/mol. The molecule has 0 saturated carbocycles. The van der Waals surface area contributed by atoms with Gasteiger partial charge in [0.25, 0.3) is 0 Å². The summed E-state index contributed by atoms with van der Waals surface area (Å²) in [7, 11) is 1.84. The Hall–Kier alpha value is -1.72. The van der Waals surface area contributed by atoms with Crippen LogP contribution in [0.15, 0.2) is 28.7 Å². The van der Waals surface area contributed by atoms with Gasteiger partial charge in [-0.25, -0.2) is 0 Å². The summed E-state index contributed by atoms with van der Waals surface area (Å²) in [4.78, 5) is 12.1. The van der Waals surface area contributed by atoms with Crippen molar-refractivity contribution >= 4 is 29.3 Å². The van der Waals surface area contributed by atoms with Crippen molar-refractivity contribution in [2.45, 2.75) is 26.8 Å². The third kappa shape index (κ3) is 4.62. The van der Waals surface area contributed by atoms with Crippen LogP contribution in [0.25, 0.3) is 11.0 Å². The first-order valence-corrected chi connectivity index (χ1v) is 7.67. The molecular weight excluding hydrogens is 316 g/mol. The van der Waals surface area contributed by atoms with Crippen molar-refractivity contribution in [3.05, 3.63) is 30.0 Å². The van der Waals surface area contributed by atoms with E-state index in [4.69, 9.17) is 9.15 Å². The van der Waals surface area contributed by atoms with E-state index in [0.717, 1.165) is 22.5 Å². The second-order valence-corrected chi connectivity index (χ2v) is 5.45. The Labute approximate surface area is 143 Å². The number of nitrogens with one attached hydrogen (secondary N) is 2. The topological polar surface area (TPSA) is 63.5 Å². The van der Waals surface area contributed by atoms with E-state index in [1.54, 1.807) is 0 Å². The van der Waals surface area contributed by atoms with Gasteiger partial charge in [0, 0.05) is 17.8 Å². The molecular formula is C17H25ClN2O3. The van der Waals surface area contributed by atoms with Gasteiger partial charge in [0.1, 0.15) is 5.76 Å². The molecule has 1 aromatic carbocycles. The van der Waals surface area contributed by atoms with Crippen molar-refractivity contribution in [1.82, 2.24) is 10.6 Å². The van der Waals surface area contributed by atoms with Gasteiger partial charge in [-0.15, -0.1) is 12.4 Å². The highest BCUT2D eigenvalue weighted by Crippen LogP contribution is 2.31. The molecule has 1 aromatic heterocycles. The maximum absolute atomic E-state index is 12.1. The van der Waals surface area contributed by atoms with Crippen LogP contribution in [-0.2, 0) is 4.79 Å². The van der Waals surface area contributed by atoms with Crippen LogP contribution in [0.1, 0.15) is 32.6 Å². The molecule has 0 bridgehead atoms. The number of carbonyl (C=O) groups is 1. The van der Waals surface area contributed by atoms with Crippen LogP contribution in [0.3, 0.4) is 0 Å². The molecule has 0 fully saturated rings. The van der Waals surface area contributed by atoms with E-state index < -0.39 is 0 Å². The van der Waals surface area contributed by atoms with Crippen LogP contribution >= 0.6 is 12.4 Å². The lowest BCUT2D eigenvalue weighted by molar-refractivity contribution is -0.125. The van der Waals surface area contributed by atoms with E-state index in [2.05, 4.69) is 10.6 Å².